The van der Waals surface area contributed by atoms with Gasteiger partial charge in [-0.05, 0) is 24.6 Å². The van der Waals surface area contributed by atoms with Crippen LogP contribution in [0.3, 0.4) is 0 Å². The number of hydrogen-bond donors (Lipinski definition) is 0. The Balaban J connectivity index is 1.64. The second-order valence-electron chi connectivity index (χ2n) is 6.53. The predicted octanol–water partition coefficient (Wildman–Crippen LogP) is 0.967. The minimum Gasteiger partial charge on any atom is -0.365 e. The first-order chi connectivity index (χ1) is 10.8. The molecule has 23 heavy (non-hydrogen) atoms. The summed E-state index contributed by atoms with van der Waals surface area (Å²) >= 11 is 5.96. The number of fused-ring (bicyclic) bond motifs is 1. The summed E-state index contributed by atoms with van der Waals surface area (Å²) in [6.07, 6.45) is 0.229. The molecule has 8 heteroatoms. The SMILES string of the molecule is CN1C[C@@]23CN(C(=O)c4cccc(Cl)c4)C[C@@H](C[C@@H]2S1(=O)=O)O3. The van der Waals surface area contributed by atoms with Gasteiger partial charge in [-0.15, -0.1) is 0 Å². The van der Waals surface area contributed by atoms with E-state index in [2.05, 4.69) is 0 Å². The third-order valence-corrected chi connectivity index (χ3v) is 7.56. The Morgan fingerprint density at radius 3 is 2.91 bits per heavy atom. The number of sulfonamides is 1. The first kappa shape index (κ1) is 15.4. The Morgan fingerprint density at radius 2 is 2.17 bits per heavy atom. The highest BCUT2D eigenvalue weighted by Crippen LogP contribution is 2.46. The lowest BCUT2D eigenvalue weighted by Crippen LogP contribution is -2.56. The topological polar surface area (TPSA) is 66.9 Å². The summed E-state index contributed by atoms with van der Waals surface area (Å²) in [7, 11) is -1.77. The number of benzene rings is 1. The molecule has 2 bridgehead atoms. The molecule has 1 amide bonds. The number of halogens is 1. The van der Waals surface area contributed by atoms with Gasteiger partial charge in [0, 0.05) is 30.7 Å². The van der Waals surface area contributed by atoms with Gasteiger partial charge in [-0.2, -0.15) is 0 Å². The molecule has 124 valence electrons. The van der Waals surface area contributed by atoms with E-state index in [9.17, 15) is 13.2 Å². The van der Waals surface area contributed by atoms with Gasteiger partial charge in [0.05, 0.1) is 12.6 Å². The summed E-state index contributed by atoms with van der Waals surface area (Å²) in [5, 5.41) is -0.0477. The van der Waals surface area contributed by atoms with Crippen LogP contribution in [0.4, 0.5) is 0 Å². The van der Waals surface area contributed by atoms with E-state index in [1.807, 2.05) is 0 Å². The molecule has 3 fully saturated rings. The van der Waals surface area contributed by atoms with Crippen LogP contribution in [0.15, 0.2) is 24.3 Å². The molecule has 1 aromatic rings. The Kier molecular flexibility index (Phi) is 3.29. The van der Waals surface area contributed by atoms with Crippen molar-refractivity contribution >= 4 is 27.5 Å². The van der Waals surface area contributed by atoms with E-state index in [-0.39, 0.29) is 12.0 Å². The zero-order chi connectivity index (χ0) is 16.4. The summed E-state index contributed by atoms with van der Waals surface area (Å²) < 4.78 is 32.2. The third-order valence-electron chi connectivity index (χ3n) is 4.99. The molecule has 1 aromatic carbocycles. The summed E-state index contributed by atoms with van der Waals surface area (Å²) in [6.45, 7) is 1.02. The molecule has 6 nitrogen and oxygen atoms in total. The molecule has 0 saturated carbocycles. The van der Waals surface area contributed by atoms with Crippen LogP contribution < -0.4 is 0 Å². The van der Waals surface area contributed by atoms with Crippen molar-refractivity contribution in [2.24, 2.45) is 0 Å². The summed E-state index contributed by atoms with van der Waals surface area (Å²) in [5.41, 5.74) is -0.286. The van der Waals surface area contributed by atoms with E-state index in [0.29, 0.717) is 36.6 Å². The smallest absolute Gasteiger partial charge is 0.254 e. The largest absolute Gasteiger partial charge is 0.365 e. The lowest BCUT2D eigenvalue weighted by molar-refractivity contribution is -0.0966. The zero-order valence-corrected chi connectivity index (χ0v) is 14.2. The van der Waals surface area contributed by atoms with E-state index in [1.165, 1.54) is 4.31 Å². The number of nitrogens with zero attached hydrogens (tertiary/aromatic N) is 2. The number of carbonyl (C=O) groups is 1. The maximum atomic E-state index is 12.7. The first-order valence-electron chi connectivity index (χ1n) is 7.50. The number of hydrogen-bond acceptors (Lipinski definition) is 4. The summed E-state index contributed by atoms with van der Waals surface area (Å²) in [4.78, 5) is 14.5. The molecule has 4 rings (SSSR count). The van der Waals surface area contributed by atoms with Crippen LogP contribution in [0.2, 0.25) is 5.02 Å². The standard InChI is InChI=1S/C15H17ClN2O4S/c1-17-8-15-9-18(14(19)10-3-2-4-11(16)5-10)7-12(22-15)6-13(15)23(17,20)21/h2-5,12-13H,6-9H2,1H3/t12-,13+,15-/m1/s1. The maximum Gasteiger partial charge on any atom is 0.254 e. The van der Waals surface area contributed by atoms with Crippen LogP contribution in [-0.2, 0) is 14.8 Å². The second kappa shape index (κ2) is 4.92. The number of amides is 1. The predicted molar refractivity (Wildman–Crippen MR) is 84.9 cm³/mol. The van der Waals surface area contributed by atoms with Crippen molar-refractivity contribution in [3.05, 3.63) is 34.9 Å². The monoisotopic (exact) mass is 356 g/mol. The molecule has 3 aliphatic heterocycles. The number of rotatable bonds is 1. The van der Waals surface area contributed by atoms with E-state index in [1.54, 1.807) is 36.2 Å². The fourth-order valence-corrected chi connectivity index (χ4v) is 6.25. The van der Waals surface area contributed by atoms with Gasteiger partial charge in [-0.3, -0.25) is 4.79 Å². The van der Waals surface area contributed by atoms with Crippen molar-refractivity contribution in [2.75, 3.05) is 26.7 Å². The minimum atomic E-state index is -3.34. The number of morpholine rings is 1. The van der Waals surface area contributed by atoms with Gasteiger partial charge in [-0.25, -0.2) is 12.7 Å². The second-order valence-corrected chi connectivity index (χ2v) is 9.18. The Morgan fingerprint density at radius 1 is 1.39 bits per heavy atom. The quantitative estimate of drug-likeness (QED) is 0.752. The van der Waals surface area contributed by atoms with Gasteiger partial charge in [0.15, 0.2) is 0 Å². The van der Waals surface area contributed by atoms with Crippen LogP contribution in [-0.4, -0.2) is 67.2 Å². The van der Waals surface area contributed by atoms with Crippen molar-refractivity contribution in [1.29, 1.82) is 0 Å². The van der Waals surface area contributed by atoms with E-state index in [4.69, 9.17) is 16.3 Å². The van der Waals surface area contributed by atoms with Crippen LogP contribution in [0.1, 0.15) is 16.8 Å². The van der Waals surface area contributed by atoms with Crippen LogP contribution in [0.25, 0.3) is 0 Å². The Labute approximate surface area is 140 Å². The fourth-order valence-electron chi connectivity index (χ4n) is 4.02. The van der Waals surface area contributed by atoms with Crippen LogP contribution in [0, 0.1) is 0 Å². The van der Waals surface area contributed by atoms with Gasteiger partial charge in [-0.1, -0.05) is 17.7 Å². The molecular weight excluding hydrogens is 340 g/mol. The average molecular weight is 357 g/mol. The maximum absolute atomic E-state index is 12.7. The average Bonchev–Trinajstić information content (AvgIpc) is 2.85. The molecule has 3 heterocycles. The minimum absolute atomic E-state index is 0.132. The molecule has 3 aliphatic rings. The van der Waals surface area contributed by atoms with Crippen molar-refractivity contribution in [2.45, 2.75) is 23.4 Å². The van der Waals surface area contributed by atoms with E-state index in [0.717, 1.165) is 0 Å². The summed E-state index contributed by atoms with van der Waals surface area (Å²) in [6, 6.07) is 6.81. The molecule has 1 spiro atoms. The van der Waals surface area contributed by atoms with Gasteiger partial charge in [0.25, 0.3) is 5.91 Å². The molecular formula is C15H17ClN2O4S. The molecule has 0 aliphatic carbocycles. The number of likely N-dealkylation sites (N-methyl/N-ethyl adjacent to an activating group) is 1. The number of ether oxygens (including phenoxy) is 1. The molecule has 0 aromatic heterocycles. The fraction of sp³-hybridized carbons (Fsp3) is 0.533. The van der Waals surface area contributed by atoms with Crippen LogP contribution in [0.5, 0.6) is 0 Å². The molecule has 0 N–H and O–H groups in total. The molecule has 0 radical (unpaired) electrons. The lowest BCUT2D eigenvalue weighted by atomic mass is 9.99. The highest BCUT2D eigenvalue weighted by atomic mass is 35.5. The Hall–Kier alpha value is -1.15. The number of carbonyl (C=O) groups excluding carboxylic acids is 1. The highest BCUT2D eigenvalue weighted by Gasteiger charge is 2.64. The normalized spacial score (nSPS) is 35.3. The first-order valence-corrected chi connectivity index (χ1v) is 9.38. The van der Waals surface area contributed by atoms with Crippen molar-refractivity contribution in [3.8, 4) is 0 Å². The molecule has 3 saturated heterocycles. The van der Waals surface area contributed by atoms with Crippen molar-refractivity contribution < 1.29 is 17.9 Å². The van der Waals surface area contributed by atoms with Crippen molar-refractivity contribution in [1.82, 2.24) is 9.21 Å². The summed E-state index contributed by atoms with van der Waals surface area (Å²) in [5.74, 6) is -0.132. The van der Waals surface area contributed by atoms with E-state index >= 15 is 0 Å². The van der Waals surface area contributed by atoms with E-state index < -0.39 is 20.9 Å². The van der Waals surface area contributed by atoms with Gasteiger partial charge < -0.3 is 9.64 Å². The van der Waals surface area contributed by atoms with Crippen LogP contribution >= 0.6 is 11.6 Å². The third kappa shape index (κ3) is 2.21. The number of likely N-dealkylation sites (tertiary alicyclic amines) is 1. The van der Waals surface area contributed by atoms with Crippen molar-refractivity contribution in [3.63, 3.8) is 0 Å². The lowest BCUT2D eigenvalue weighted by Gasteiger charge is -2.39. The zero-order valence-electron chi connectivity index (χ0n) is 12.6. The molecule has 3 atom stereocenters. The van der Waals surface area contributed by atoms with Gasteiger partial charge >= 0.3 is 0 Å². The Bertz CT molecular complexity index is 783. The van der Waals surface area contributed by atoms with Gasteiger partial charge in [0.2, 0.25) is 10.0 Å². The highest BCUT2D eigenvalue weighted by molar-refractivity contribution is 7.90. The van der Waals surface area contributed by atoms with Gasteiger partial charge in [0.1, 0.15) is 10.9 Å². The molecule has 0 unspecified atom stereocenters.